The zero-order chi connectivity index (χ0) is 13.3. The Morgan fingerprint density at radius 3 is 2.83 bits per heavy atom. The minimum atomic E-state index is -0.346. The van der Waals surface area contributed by atoms with Gasteiger partial charge in [0.25, 0.3) is 5.91 Å². The standard InChI is InChI=1S/C14H17BrFNO/c1-9-5-11(7-12(16)6-9)14(18)17-4-3-10(2)13(17)8-15/h5-7,10,13H,3-4,8H2,1-2H3. The highest BCUT2D eigenvalue weighted by Gasteiger charge is 2.34. The number of nitrogens with zero attached hydrogens (tertiary/aromatic N) is 1. The molecule has 0 radical (unpaired) electrons. The summed E-state index contributed by atoms with van der Waals surface area (Å²) in [5, 5.41) is 0.772. The molecule has 1 heterocycles. The molecule has 0 aromatic heterocycles. The molecule has 1 aliphatic heterocycles. The summed E-state index contributed by atoms with van der Waals surface area (Å²) in [7, 11) is 0. The predicted octanol–water partition coefficient (Wildman–Crippen LogP) is 3.38. The molecule has 0 N–H and O–H groups in total. The van der Waals surface area contributed by atoms with Gasteiger partial charge >= 0.3 is 0 Å². The SMILES string of the molecule is Cc1cc(F)cc(C(=O)N2CCC(C)C2CBr)c1. The summed E-state index contributed by atoms with van der Waals surface area (Å²) in [5.74, 6) is 0.0790. The van der Waals surface area contributed by atoms with Crippen molar-refractivity contribution >= 4 is 21.8 Å². The van der Waals surface area contributed by atoms with Crippen LogP contribution in [0.25, 0.3) is 0 Å². The fraction of sp³-hybridized carbons (Fsp3) is 0.500. The molecular weight excluding hydrogens is 297 g/mol. The molecule has 1 aromatic carbocycles. The Kier molecular flexibility index (Phi) is 4.05. The molecule has 0 bridgehead atoms. The predicted molar refractivity (Wildman–Crippen MR) is 73.5 cm³/mol. The summed E-state index contributed by atoms with van der Waals surface area (Å²) in [6.07, 6.45) is 1.01. The van der Waals surface area contributed by atoms with E-state index in [0.717, 1.165) is 23.9 Å². The molecule has 1 aliphatic rings. The van der Waals surface area contributed by atoms with Crippen LogP contribution in [0.5, 0.6) is 0 Å². The lowest BCUT2D eigenvalue weighted by atomic mass is 10.0. The maximum absolute atomic E-state index is 13.4. The Hall–Kier alpha value is -0.900. The first kappa shape index (κ1) is 13.5. The van der Waals surface area contributed by atoms with E-state index >= 15 is 0 Å². The van der Waals surface area contributed by atoms with Crippen LogP contribution in [0.3, 0.4) is 0 Å². The van der Waals surface area contributed by atoms with Gasteiger partial charge in [0, 0.05) is 23.5 Å². The third-order valence-electron chi connectivity index (χ3n) is 3.59. The van der Waals surface area contributed by atoms with Gasteiger partial charge in [0.05, 0.1) is 0 Å². The lowest BCUT2D eigenvalue weighted by Gasteiger charge is -2.25. The van der Waals surface area contributed by atoms with Crippen molar-refractivity contribution in [1.29, 1.82) is 0 Å². The largest absolute Gasteiger partial charge is 0.335 e. The van der Waals surface area contributed by atoms with Crippen LogP contribution < -0.4 is 0 Å². The van der Waals surface area contributed by atoms with Crippen LogP contribution in [-0.2, 0) is 0 Å². The van der Waals surface area contributed by atoms with Crippen molar-refractivity contribution in [3.63, 3.8) is 0 Å². The number of carbonyl (C=O) groups excluding carboxylic acids is 1. The molecular formula is C14H17BrFNO. The van der Waals surface area contributed by atoms with E-state index in [1.54, 1.807) is 13.0 Å². The lowest BCUT2D eigenvalue weighted by molar-refractivity contribution is 0.0738. The van der Waals surface area contributed by atoms with E-state index in [2.05, 4.69) is 22.9 Å². The zero-order valence-corrected chi connectivity index (χ0v) is 12.2. The Labute approximate surface area is 115 Å². The van der Waals surface area contributed by atoms with Gasteiger partial charge in [-0.25, -0.2) is 4.39 Å². The van der Waals surface area contributed by atoms with Crippen LogP contribution in [0.15, 0.2) is 18.2 Å². The van der Waals surface area contributed by atoms with Crippen molar-refractivity contribution in [3.05, 3.63) is 35.1 Å². The summed E-state index contributed by atoms with van der Waals surface area (Å²) in [4.78, 5) is 14.3. The van der Waals surface area contributed by atoms with E-state index in [0.29, 0.717) is 11.5 Å². The van der Waals surface area contributed by atoms with Gasteiger partial charge in [0.15, 0.2) is 0 Å². The number of aryl methyl sites for hydroxylation is 1. The highest BCUT2D eigenvalue weighted by Crippen LogP contribution is 2.27. The van der Waals surface area contributed by atoms with Crippen LogP contribution in [0.4, 0.5) is 4.39 Å². The number of hydrogen-bond donors (Lipinski definition) is 0. The highest BCUT2D eigenvalue weighted by atomic mass is 79.9. The van der Waals surface area contributed by atoms with Gasteiger partial charge in [-0.3, -0.25) is 4.79 Å². The molecule has 0 saturated carbocycles. The van der Waals surface area contributed by atoms with Crippen molar-refractivity contribution in [2.45, 2.75) is 26.3 Å². The second-order valence-electron chi connectivity index (χ2n) is 5.00. The molecule has 98 valence electrons. The van der Waals surface area contributed by atoms with Crippen LogP contribution in [0.1, 0.15) is 29.3 Å². The molecule has 2 rings (SSSR count). The van der Waals surface area contributed by atoms with Gasteiger partial charge < -0.3 is 4.90 Å². The first-order valence-corrected chi connectivity index (χ1v) is 7.29. The molecule has 1 aromatic rings. The van der Waals surface area contributed by atoms with Crippen molar-refractivity contribution < 1.29 is 9.18 Å². The summed E-state index contributed by atoms with van der Waals surface area (Å²) in [5.41, 5.74) is 1.23. The van der Waals surface area contributed by atoms with Crippen LogP contribution in [0, 0.1) is 18.7 Å². The second-order valence-corrected chi connectivity index (χ2v) is 5.65. The Morgan fingerprint density at radius 2 is 2.22 bits per heavy atom. The first-order valence-electron chi connectivity index (χ1n) is 6.17. The molecule has 2 nitrogen and oxygen atoms in total. The number of likely N-dealkylation sites (tertiary alicyclic amines) is 1. The summed E-state index contributed by atoms with van der Waals surface area (Å²) >= 11 is 3.46. The number of amides is 1. The number of hydrogen-bond acceptors (Lipinski definition) is 1. The van der Waals surface area contributed by atoms with E-state index in [9.17, 15) is 9.18 Å². The molecule has 4 heteroatoms. The normalized spacial score (nSPS) is 23.4. The molecule has 2 unspecified atom stereocenters. The smallest absolute Gasteiger partial charge is 0.254 e. The molecule has 1 fully saturated rings. The van der Waals surface area contributed by atoms with Crippen LogP contribution in [0.2, 0.25) is 0 Å². The summed E-state index contributed by atoms with van der Waals surface area (Å²) < 4.78 is 13.4. The van der Waals surface area contributed by atoms with E-state index in [-0.39, 0.29) is 17.8 Å². The zero-order valence-electron chi connectivity index (χ0n) is 10.6. The third-order valence-corrected chi connectivity index (χ3v) is 4.25. The van der Waals surface area contributed by atoms with Crippen molar-refractivity contribution in [2.24, 2.45) is 5.92 Å². The summed E-state index contributed by atoms with van der Waals surface area (Å²) in [6.45, 7) is 4.70. The third kappa shape index (κ3) is 2.58. The van der Waals surface area contributed by atoms with Crippen molar-refractivity contribution in [1.82, 2.24) is 4.90 Å². The van der Waals surface area contributed by atoms with Crippen LogP contribution in [-0.4, -0.2) is 28.7 Å². The Bertz CT molecular complexity index is 443. The molecule has 1 amide bonds. The van der Waals surface area contributed by atoms with E-state index in [4.69, 9.17) is 0 Å². The van der Waals surface area contributed by atoms with Gasteiger partial charge in [-0.05, 0) is 43.0 Å². The van der Waals surface area contributed by atoms with E-state index in [1.165, 1.54) is 12.1 Å². The quantitative estimate of drug-likeness (QED) is 0.766. The fourth-order valence-corrected chi connectivity index (χ4v) is 3.51. The van der Waals surface area contributed by atoms with Gasteiger partial charge in [0.2, 0.25) is 0 Å². The lowest BCUT2D eigenvalue weighted by Crippen LogP contribution is -2.38. The van der Waals surface area contributed by atoms with Gasteiger partial charge in [-0.15, -0.1) is 0 Å². The topological polar surface area (TPSA) is 20.3 Å². The van der Waals surface area contributed by atoms with Crippen molar-refractivity contribution in [3.8, 4) is 0 Å². The highest BCUT2D eigenvalue weighted by molar-refractivity contribution is 9.09. The summed E-state index contributed by atoms with van der Waals surface area (Å²) in [6, 6.07) is 4.72. The average Bonchev–Trinajstić information content (AvgIpc) is 2.68. The molecule has 0 spiro atoms. The molecule has 0 aliphatic carbocycles. The number of alkyl halides is 1. The number of carbonyl (C=O) groups is 1. The van der Waals surface area contributed by atoms with E-state index in [1.807, 2.05) is 4.90 Å². The average molecular weight is 314 g/mol. The minimum Gasteiger partial charge on any atom is -0.335 e. The fourth-order valence-electron chi connectivity index (χ4n) is 2.52. The number of benzene rings is 1. The van der Waals surface area contributed by atoms with Gasteiger partial charge in [0.1, 0.15) is 5.82 Å². The van der Waals surface area contributed by atoms with E-state index < -0.39 is 0 Å². The van der Waals surface area contributed by atoms with Crippen LogP contribution >= 0.6 is 15.9 Å². The van der Waals surface area contributed by atoms with Crippen molar-refractivity contribution in [2.75, 3.05) is 11.9 Å². The number of rotatable bonds is 2. The maximum Gasteiger partial charge on any atom is 0.254 e. The van der Waals surface area contributed by atoms with Gasteiger partial charge in [-0.1, -0.05) is 22.9 Å². The molecule has 2 atom stereocenters. The second kappa shape index (κ2) is 5.39. The molecule has 18 heavy (non-hydrogen) atoms. The monoisotopic (exact) mass is 313 g/mol. The first-order chi connectivity index (χ1) is 8.52. The molecule has 1 saturated heterocycles. The van der Waals surface area contributed by atoms with Gasteiger partial charge in [-0.2, -0.15) is 0 Å². The Morgan fingerprint density at radius 1 is 1.50 bits per heavy atom. The Balaban J connectivity index is 2.25. The number of halogens is 2. The maximum atomic E-state index is 13.4. The minimum absolute atomic E-state index is 0.0635.